The first-order chi connectivity index (χ1) is 11.0. The minimum absolute atomic E-state index is 0.403. The van der Waals surface area contributed by atoms with Crippen LogP contribution >= 0.6 is 0 Å². The zero-order chi connectivity index (χ0) is 16.4. The molecule has 1 aliphatic carbocycles. The van der Waals surface area contributed by atoms with Crippen LogP contribution in [0, 0.1) is 18.8 Å². The standard InChI is InChI=1S/C20H32N2O/c1-15(2)19-14-21(9-4-10-22(19)13-17-5-6-17)12-18-7-8-20(23)16(3)11-18/h7-8,11,15,17,19,23H,4-6,9-10,12-14H2,1-3H3. The molecule has 23 heavy (non-hydrogen) atoms. The van der Waals surface area contributed by atoms with Gasteiger partial charge in [0, 0.05) is 25.7 Å². The number of aryl methyl sites for hydroxylation is 1. The third-order valence-electron chi connectivity index (χ3n) is 5.46. The molecule has 3 heteroatoms. The van der Waals surface area contributed by atoms with E-state index in [0.29, 0.717) is 17.7 Å². The molecule has 3 rings (SSSR count). The summed E-state index contributed by atoms with van der Waals surface area (Å²) in [5.74, 6) is 2.08. The summed E-state index contributed by atoms with van der Waals surface area (Å²) < 4.78 is 0. The Hall–Kier alpha value is -1.06. The van der Waals surface area contributed by atoms with Gasteiger partial charge in [-0.1, -0.05) is 26.0 Å². The molecule has 1 aromatic carbocycles. The van der Waals surface area contributed by atoms with Gasteiger partial charge in [-0.25, -0.2) is 0 Å². The maximum absolute atomic E-state index is 9.71. The Morgan fingerprint density at radius 3 is 2.65 bits per heavy atom. The van der Waals surface area contributed by atoms with Gasteiger partial charge < -0.3 is 5.11 Å². The number of nitrogens with zero attached hydrogens (tertiary/aromatic N) is 2. The summed E-state index contributed by atoms with van der Waals surface area (Å²) >= 11 is 0. The van der Waals surface area contributed by atoms with Crippen molar-refractivity contribution >= 4 is 0 Å². The number of phenols is 1. The van der Waals surface area contributed by atoms with E-state index in [0.717, 1.165) is 18.0 Å². The van der Waals surface area contributed by atoms with Crippen molar-refractivity contribution in [3.8, 4) is 5.75 Å². The molecule has 0 radical (unpaired) electrons. The van der Waals surface area contributed by atoms with Crippen molar-refractivity contribution in [2.45, 2.75) is 52.6 Å². The fourth-order valence-corrected chi connectivity index (χ4v) is 3.84. The van der Waals surface area contributed by atoms with Crippen molar-refractivity contribution in [1.82, 2.24) is 9.80 Å². The maximum Gasteiger partial charge on any atom is 0.118 e. The monoisotopic (exact) mass is 316 g/mol. The molecule has 1 saturated carbocycles. The highest BCUT2D eigenvalue weighted by atomic mass is 16.3. The van der Waals surface area contributed by atoms with E-state index < -0.39 is 0 Å². The van der Waals surface area contributed by atoms with Crippen LogP contribution in [0.15, 0.2) is 18.2 Å². The smallest absolute Gasteiger partial charge is 0.118 e. The van der Waals surface area contributed by atoms with Gasteiger partial charge in [0.1, 0.15) is 5.75 Å². The molecule has 128 valence electrons. The molecule has 1 aromatic rings. The Morgan fingerprint density at radius 2 is 2.00 bits per heavy atom. The van der Waals surface area contributed by atoms with Gasteiger partial charge in [-0.15, -0.1) is 0 Å². The second-order valence-corrected chi connectivity index (χ2v) is 7.96. The van der Waals surface area contributed by atoms with Crippen LogP contribution in [0.5, 0.6) is 5.75 Å². The first-order valence-corrected chi connectivity index (χ1v) is 9.28. The van der Waals surface area contributed by atoms with Crippen LogP contribution in [0.25, 0.3) is 0 Å². The molecule has 2 fully saturated rings. The SMILES string of the molecule is Cc1cc(CN2CCCN(CC3CC3)C(C(C)C)C2)ccc1O. The Balaban J connectivity index is 1.66. The van der Waals surface area contributed by atoms with Crippen LogP contribution in [0.2, 0.25) is 0 Å². The summed E-state index contributed by atoms with van der Waals surface area (Å²) in [4.78, 5) is 5.38. The zero-order valence-corrected chi connectivity index (χ0v) is 15.0. The summed E-state index contributed by atoms with van der Waals surface area (Å²) in [6, 6.07) is 6.71. The molecule has 2 aliphatic rings. The molecule has 1 atom stereocenters. The maximum atomic E-state index is 9.71. The van der Waals surface area contributed by atoms with E-state index in [-0.39, 0.29) is 0 Å². The average Bonchev–Trinajstić information content (AvgIpc) is 3.32. The van der Waals surface area contributed by atoms with E-state index in [4.69, 9.17) is 0 Å². The van der Waals surface area contributed by atoms with Gasteiger partial charge in [0.25, 0.3) is 0 Å². The van der Waals surface area contributed by atoms with Crippen LogP contribution < -0.4 is 0 Å². The topological polar surface area (TPSA) is 26.7 Å². The van der Waals surface area contributed by atoms with Crippen LogP contribution in [0.3, 0.4) is 0 Å². The highest BCUT2D eigenvalue weighted by Crippen LogP contribution is 2.32. The summed E-state index contributed by atoms with van der Waals surface area (Å²) in [7, 11) is 0. The Kier molecular flexibility index (Phi) is 5.27. The molecule has 1 N–H and O–H groups in total. The first kappa shape index (κ1) is 16.8. The van der Waals surface area contributed by atoms with E-state index in [1.807, 2.05) is 13.0 Å². The molecular weight excluding hydrogens is 284 g/mol. The number of benzene rings is 1. The molecule has 0 aromatic heterocycles. The van der Waals surface area contributed by atoms with Crippen molar-refractivity contribution in [1.29, 1.82) is 0 Å². The van der Waals surface area contributed by atoms with E-state index in [1.165, 1.54) is 51.0 Å². The van der Waals surface area contributed by atoms with Crippen molar-refractivity contribution in [2.24, 2.45) is 11.8 Å². The average molecular weight is 316 g/mol. The predicted octanol–water partition coefficient (Wildman–Crippen LogP) is 3.64. The molecular formula is C20H32N2O. The lowest BCUT2D eigenvalue weighted by molar-refractivity contribution is 0.132. The first-order valence-electron chi connectivity index (χ1n) is 9.28. The highest BCUT2D eigenvalue weighted by molar-refractivity contribution is 5.34. The predicted molar refractivity (Wildman–Crippen MR) is 95.7 cm³/mol. The molecule has 0 spiro atoms. The van der Waals surface area contributed by atoms with Gasteiger partial charge in [-0.05, 0) is 68.3 Å². The second kappa shape index (κ2) is 7.23. The highest BCUT2D eigenvalue weighted by Gasteiger charge is 2.32. The van der Waals surface area contributed by atoms with Gasteiger partial charge in [0.05, 0.1) is 0 Å². The fourth-order valence-electron chi connectivity index (χ4n) is 3.84. The molecule has 1 aliphatic heterocycles. The third-order valence-corrected chi connectivity index (χ3v) is 5.46. The van der Waals surface area contributed by atoms with Crippen molar-refractivity contribution in [3.63, 3.8) is 0 Å². The molecule has 1 heterocycles. The molecule has 3 nitrogen and oxygen atoms in total. The van der Waals surface area contributed by atoms with Crippen molar-refractivity contribution in [2.75, 3.05) is 26.2 Å². The lowest BCUT2D eigenvalue weighted by atomic mass is 10.0. The number of phenolic OH excluding ortho intramolecular Hbond substituents is 1. The normalized spacial score (nSPS) is 24.1. The van der Waals surface area contributed by atoms with Crippen LogP contribution in [0.1, 0.15) is 44.2 Å². The molecule has 1 saturated heterocycles. The Morgan fingerprint density at radius 1 is 1.22 bits per heavy atom. The van der Waals surface area contributed by atoms with Gasteiger partial charge >= 0.3 is 0 Å². The van der Waals surface area contributed by atoms with Crippen molar-refractivity contribution in [3.05, 3.63) is 29.3 Å². The third kappa shape index (κ3) is 4.48. The lowest BCUT2D eigenvalue weighted by Crippen LogP contribution is -2.45. The van der Waals surface area contributed by atoms with E-state index in [2.05, 4.69) is 35.8 Å². The molecule has 0 amide bonds. The number of hydrogen-bond acceptors (Lipinski definition) is 3. The van der Waals surface area contributed by atoms with Gasteiger partial charge in [0.15, 0.2) is 0 Å². The number of hydrogen-bond donors (Lipinski definition) is 1. The lowest BCUT2D eigenvalue weighted by Gasteiger charge is -2.34. The van der Waals surface area contributed by atoms with E-state index >= 15 is 0 Å². The van der Waals surface area contributed by atoms with Crippen LogP contribution in [0.4, 0.5) is 0 Å². The largest absolute Gasteiger partial charge is 0.508 e. The minimum Gasteiger partial charge on any atom is -0.508 e. The summed E-state index contributed by atoms with van der Waals surface area (Å²) in [6.45, 7) is 12.7. The molecule has 0 bridgehead atoms. The van der Waals surface area contributed by atoms with Gasteiger partial charge in [-0.2, -0.15) is 0 Å². The van der Waals surface area contributed by atoms with E-state index in [9.17, 15) is 5.11 Å². The number of aromatic hydroxyl groups is 1. The van der Waals surface area contributed by atoms with E-state index in [1.54, 1.807) is 0 Å². The minimum atomic E-state index is 0.403. The number of rotatable bonds is 5. The second-order valence-electron chi connectivity index (χ2n) is 7.96. The summed E-state index contributed by atoms with van der Waals surface area (Å²) in [6.07, 6.45) is 4.16. The van der Waals surface area contributed by atoms with Gasteiger partial charge in [-0.3, -0.25) is 9.80 Å². The Bertz CT molecular complexity index is 524. The zero-order valence-electron chi connectivity index (χ0n) is 15.0. The van der Waals surface area contributed by atoms with Gasteiger partial charge in [0.2, 0.25) is 0 Å². The fraction of sp³-hybridized carbons (Fsp3) is 0.700. The Labute approximate surface area is 141 Å². The molecule has 1 unspecified atom stereocenters. The summed E-state index contributed by atoms with van der Waals surface area (Å²) in [5.41, 5.74) is 2.30. The summed E-state index contributed by atoms with van der Waals surface area (Å²) in [5, 5.41) is 9.71. The van der Waals surface area contributed by atoms with Crippen LogP contribution in [-0.4, -0.2) is 47.1 Å². The quantitative estimate of drug-likeness (QED) is 0.898. The van der Waals surface area contributed by atoms with Crippen LogP contribution in [-0.2, 0) is 6.54 Å². The van der Waals surface area contributed by atoms with Crippen molar-refractivity contribution < 1.29 is 5.11 Å².